The Morgan fingerprint density at radius 1 is 0.638 bits per heavy atom. The number of rotatable bonds is 33. The fourth-order valence-electron chi connectivity index (χ4n) is 4.46. The third-order valence-corrected chi connectivity index (χ3v) is 8.17. The molecule has 0 aliphatic rings. The number of nitrogens with two attached hydrogens (primary N) is 1. The molecule has 272 valence electrons. The van der Waals surface area contributed by atoms with Crippen LogP contribution < -0.4 is 5.73 Å². The van der Waals surface area contributed by atoms with E-state index in [0.29, 0.717) is 12.8 Å². The fraction of sp³-hybridized carbons (Fsp3) is 0.730. The van der Waals surface area contributed by atoms with E-state index in [9.17, 15) is 19.0 Å². The summed E-state index contributed by atoms with van der Waals surface area (Å²) in [5, 5.41) is 0. The Balaban J connectivity index is 4.36. The molecule has 0 spiro atoms. The summed E-state index contributed by atoms with van der Waals surface area (Å²) in [6.07, 6.45) is 35.7. The first kappa shape index (κ1) is 45.0. The van der Waals surface area contributed by atoms with E-state index in [4.69, 9.17) is 24.3 Å². The Bertz CT molecular complexity index is 918. The molecular formula is C37H66NO8P. The van der Waals surface area contributed by atoms with Gasteiger partial charge in [-0.3, -0.25) is 18.6 Å². The molecule has 0 rings (SSSR count). The zero-order chi connectivity index (χ0) is 34.7. The summed E-state index contributed by atoms with van der Waals surface area (Å²) < 4.78 is 32.5. The highest BCUT2D eigenvalue weighted by Crippen LogP contribution is 2.43. The lowest BCUT2D eigenvalue weighted by Gasteiger charge is -2.19. The van der Waals surface area contributed by atoms with Crippen LogP contribution in [0.15, 0.2) is 48.6 Å². The summed E-state index contributed by atoms with van der Waals surface area (Å²) >= 11 is 0. The first-order valence-electron chi connectivity index (χ1n) is 18.1. The predicted molar refractivity (Wildman–Crippen MR) is 192 cm³/mol. The van der Waals surface area contributed by atoms with Crippen LogP contribution in [0.5, 0.6) is 0 Å². The summed E-state index contributed by atoms with van der Waals surface area (Å²) in [5.74, 6) is -0.893. The molecule has 1 unspecified atom stereocenters. The number of esters is 2. The lowest BCUT2D eigenvalue weighted by atomic mass is 10.1. The van der Waals surface area contributed by atoms with E-state index in [1.807, 2.05) is 0 Å². The summed E-state index contributed by atoms with van der Waals surface area (Å²) in [7, 11) is -4.38. The van der Waals surface area contributed by atoms with Gasteiger partial charge in [-0.05, 0) is 77.0 Å². The molecule has 0 saturated heterocycles. The van der Waals surface area contributed by atoms with Crippen LogP contribution in [0.4, 0.5) is 0 Å². The molecule has 0 bridgehead atoms. The molecule has 10 heteroatoms. The molecule has 0 aromatic heterocycles. The van der Waals surface area contributed by atoms with Crippen molar-refractivity contribution in [2.24, 2.45) is 5.73 Å². The van der Waals surface area contributed by atoms with Gasteiger partial charge in [-0.2, -0.15) is 0 Å². The van der Waals surface area contributed by atoms with Crippen LogP contribution in [-0.2, 0) is 32.7 Å². The van der Waals surface area contributed by atoms with Crippen molar-refractivity contribution in [2.75, 3.05) is 26.4 Å². The minimum Gasteiger partial charge on any atom is -0.462 e. The average molecular weight is 684 g/mol. The first-order valence-corrected chi connectivity index (χ1v) is 19.6. The van der Waals surface area contributed by atoms with E-state index in [0.717, 1.165) is 64.2 Å². The number of phosphoric acid groups is 1. The molecule has 0 aliphatic carbocycles. The van der Waals surface area contributed by atoms with Crippen LogP contribution in [0.25, 0.3) is 0 Å². The van der Waals surface area contributed by atoms with Gasteiger partial charge >= 0.3 is 19.8 Å². The molecule has 0 saturated carbocycles. The van der Waals surface area contributed by atoms with E-state index < -0.39 is 32.5 Å². The van der Waals surface area contributed by atoms with Gasteiger partial charge in [0.05, 0.1) is 13.2 Å². The maximum atomic E-state index is 12.5. The van der Waals surface area contributed by atoms with Crippen molar-refractivity contribution < 1.29 is 37.6 Å². The third kappa shape index (κ3) is 33.7. The third-order valence-electron chi connectivity index (χ3n) is 7.19. The van der Waals surface area contributed by atoms with Gasteiger partial charge in [0.25, 0.3) is 0 Å². The van der Waals surface area contributed by atoms with Gasteiger partial charge in [0, 0.05) is 19.4 Å². The van der Waals surface area contributed by atoms with Gasteiger partial charge in [-0.25, -0.2) is 4.57 Å². The van der Waals surface area contributed by atoms with Crippen LogP contribution in [0, 0.1) is 0 Å². The highest BCUT2D eigenvalue weighted by molar-refractivity contribution is 7.47. The van der Waals surface area contributed by atoms with Crippen molar-refractivity contribution in [1.82, 2.24) is 0 Å². The zero-order valence-electron chi connectivity index (χ0n) is 29.5. The molecule has 0 aromatic carbocycles. The quantitative estimate of drug-likeness (QED) is 0.0300. The van der Waals surface area contributed by atoms with Crippen molar-refractivity contribution in [3.05, 3.63) is 48.6 Å². The summed E-state index contributed by atoms with van der Waals surface area (Å²) in [5.41, 5.74) is 5.32. The second kappa shape index (κ2) is 33.9. The normalized spacial score (nSPS) is 14.0. The highest BCUT2D eigenvalue weighted by Gasteiger charge is 2.25. The van der Waals surface area contributed by atoms with Crippen LogP contribution in [0.2, 0.25) is 0 Å². The van der Waals surface area contributed by atoms with Crippen molar-refractivity contribution in [2.45, 2.75) is 148 Å². The van der Waals surface area contributed by atoms with Crippen molar-refractivity contribution in [1.29, 1.82) is 0 Å². The molecule has 0 aromatic rings. The Labute approximate surface area is 286 Å². The maximum absolute atomic E-state index is 12.5. The molecule has 0 amide bonds. The van der Waals surface area contributed by atoms with Gasteiger partial charge in [-0.1, -0.05) is 101 Å². The molecule has 0 fully saturated rings. The molecule has 2 atom stereocenters. The number of carbonyl (C=O) groups is 2. The van der Waals surface area contributed by atoms with Gasteiger partial charge in [0.15, 0.2) is 6.10 Å². The standard InChI is InChI=1S/C37H66NO8P/c1-3-5-7-9-11-13-15-17-19-21-23-25-27-29-36(39)43-33-35(34-45-47(41,42)44-32-31-38)46-37(40)30-28-26-24-22-20-18-16-14-12-10-8-6-4-2/h11-14,17-20,35H,3-10,15-16,21-34,38H2,1-2H3,(H,41,42)/b13-11-,14-12-,19-17-,20-18-/t35-/m1/s1. The Morgan fingerprint density at radius 2 is 1.11 bits per heavy atom. The minimum absolute atomic E-state index is 0.0444. The van der Waals surface area contributed by atoms with E-state index in [1.54, 1.807) is 0 Å². The number of hydrogen-bond acceptors (Lipinski definition) is 8. The van der Waals surface area contributed by atoms with E-state index in [-0.39, 0.29) is 32.6 Å². The molecule has 47 heavy (non-hydrogen) atoms. The number of ether oxygens (including phenoxy) is 2. The van der Waals surface area contributed by atoms with Crippen LogP contribution in [0.1, 0.15) is 142 Å². The summed E-state index contributed by atoms with van der Waals surface area (Å²) in [4.78, 5) is 34.6. The number of phosphoric ester groups is 1. The maximum Gasteiger partial charge on any atom is 0.472 e. The van der Waals surface area contributed by atoms with Crippen LogP contribution in [0.3, 0.4) is 0 Å². The topological polar surface area (TPSA) is 134 Å². The summed E-state index contributed by atoms with van der Waals surface area (Å²) in [6.45, 7) is 3.58. The Hall–Kier alpha value is -2.03. The van der Waals surface area contributed by atoms with E-state index in [2.05, 4.69) is 62.5 Å². The number of unbranched alkanes of at least 4 members (excludes halogenated alkanes) is 12. The second-order valence-electron chi connectivity index (χ2n) is 11.7. The number of allylic oxidation sites excluding steroid dienone is 8. The number of hydrogen-bond donors (Lipinski definition) is 2. The van der Waals surface area contributed by atoms with Crippen molar-refractivity contribution >= 4 is 19.8 Å². The highest BCUT2D eigenvalue weighted by atomic mass is 31.2. The smallest absolute Gasteiger partial charge is 0.462 e. The average Bonchev–Trinajstić information content (AvgIpc) is 3.05. The first-order chi connectivity index (χ1) is 22.8. The fourth-order valence-corrected chi connectivity index (χ4v) is 5.22. The lowest BCUT2D eigenvalue weighted by molar-refractivity contribution is -0.161. The summed E-state index contributed by atoms with van der Waals surface area (Å²) in [6, 6.07) is 0. The molecule has 0 radical (unpaired) electrons. The van der Waals surface area contributed by atoms with Crippen molar-refractivity contribution in [3.8, 4) is 0 Å². The van der Waals surface area contributed by atoms with Gasteiger partial charge in [0.1, 0.15) is 6.61 Å². The van der Waals surface area contributed by atoms with Gasteiger partial charge in [0.2, 0.25) is 0 Å². The van der Waals surface area contributed by atoms with Crippen molar-refractivity contribution in [3.63, 3.8) is 0 Å². The monoisotopic (exact) mass is 683 g/mol. The lowest BCUT2D eigenvalue weighted by Crippen LogP contribution is -2.29. The van der Waals surface area contributed by atoms with Crippen LogP contribution in [-0.4, -0.2) is 49.3 Å². The molecule has 0 aliphatic heterocycles. The predicted octanol–water partition coefficient (Wildman–Crippen LogP) is 9.60. The van der Waals surface area contributed by atoms with Gasteiger partial charge < -0.3 is 20.1 Å². The molecular weight excluding hydrogens is 617 g/mol. The van der Waals surface area contributed by atoms with E-state index >= 15 is 0 Å². The Morgan fingerprint density at radius 3 is 1.57 bits per heavy atom. The second-order valence-corrected chi connectivity index (χ2v) is 13.2. The Kier molecular flexibility index (Phi) is 32.4. The van der Waals surface area contributed by atoms with E-state index in [1.165, 1.54) is 38.5 Å². The largest absolute Gasteiger partial charge is 0.472 e. The molecule has 9 nitrogen and oxygen atoms in total. The molecule has 0 heterocycles. The van der Waals surface area contributed by atoms with Gasteiger partial charge in [-0.15, -0.1) is 0 Å². The SMILES string of the molecule is CCCCC/C=C\C/C=C\CCCCCC(=O)OC[C@H](COP(=O)(O)OCCN)OC(=O)CCCCC/C=C\C/C=C\CCCCC. The minimum atomic E-state index is -4.38. The van der Waals surface area contributed by atoms with Crippen LogP contribution >= 0.6 is 7.82 Å². The zero-order valence-corrected chi connectivity index (χ0v) is 30.4. The molecule has 3 N–H and O–H groups in total. The number of carbonyl (C=O) groups excluding carboxylic acids is 2.